The molecule has 0 bridgehead atoms. The van der Waals surface area contributed by atoms with E-state index in [0.29, 0.717) is 24.1 Å². The lowest BCUT2D eigenvalue weighted by molar-refractivity contribution is -0.140. The number of guanidine groups is 1. The van der Waals surface area contributed by atoms with E-state index in [9.17, 15) is 18.0 Å². The van der Waals surface area contributed by atoms with Crippen molar-refractivity contribution in [3.05, 3.63) is 16.1 Å². The van der Waals surface area contributed by atoms with Gasteiger partial charge in [0.05, 0.1) is 6.54 Å². The van der Waals surface area contributed by atoms with Crippen LogP contribution in [0.3, 0.4) is 0 Å². The first kappa shape index (κ1) is 22.4. The number of nitrogens with one attached hydrogen (secondary N) is 2. The summed E-state index contributed by atoms with van der Waals surface area (Å²) in [6, 6.07) is 0.166. The van der Waals surface area contributed by atoms with E-state index in [2.05, 4.69) is 20.6 Å². The van der Waals surface area contributed by atoms with Crippen LogP contribution in [-0.4, -0.2) is 47.9 Å². The predicted molar refractivity (Wildman–Crippen MR) is 104 cm³/mol. The first-order valence-electron chi connectivity index (χ1n) is 9.56. The molecule has 1 aromatic rings. The van der Waals surface area contributed by atoms with Gasteiger partial charge >= 0.3 is 6.18 Å². The normalized spacial score (nSPS) is 16.5. The van der Waals surface area contributed by atoms with Crippen molar-refractivity contribution in [2.75, 3.05) is 20.1 Å². The van der Waals surface area contributed by atoms with E-state index in [0.717, 1.165) is 42.4 Å². The van der Waals surface area contributed by atoms with Gasteiger partial charge in [0.25, 0.3) is 0 Å². The highest BCUT2D eigenvalue weighted by molar-refractivity contribution is 7.09. The fourth-order valence-corrected chi connectivity index (χ4v) is 3.95. The lowest BCUT2D eigenvalue weighted by Crippen LogP contribution is -2.50. The number of carbonyl (C=O) groups is 1. The molecule has 10 heteroatoms. The molecule has 0 saturated carbocycles. The standard InChI is InChI=1S/C18H28F3N5OS/c1-4-12(5-2)16(27)26-8-6-13(7-9-26)24-17(22-3)23-10-15-25-14(11-28-15)18(19,20)21/h11-13H,4-10H2,1-3H3,(H2,22,23,24). The number of hydrogen-bond acceptors (Lipinski definition) is 4. The minimum Gasteiger partial charge on any atom is -0.354 e. The first-order chi connectivity index (χ1) is 13.3. The van der Waals surface area contributed by atoms with Gasteiger partial charge in [-0.25, -0.2) is 4.98 Å². The van der Waals surface area contributed by atoms with Gasteiger partial charge in [-0.3, -0.25) is 9.79 Å². The molecule has 1 aromatic heterocycles. The van der Waals surface area contributed by atoms with Crippen LogP contribution >= 0.6 is 11.3 Å². The van der Waals surface area contributed by atoms with Crippen LogP contribution in [0.15, 0.2) is 10.4 Å². The average Bonchev–Trinajstić information content (AvgIpc) is 3.16. The number of alkyl halides is 3. The number of likely N-dealkylation sites (tertiary alicyclic amines) is 1. The van der Waals surface area contributed by atoms with Crippen LogP contribution in [0.25, 0.3) is 0 Å². The van der Waals surface area contributed by atoms with E-state index < -0.39 is 11.9 Å². The highest BCUT2D eigenvalue weighted by Crippen LogP contribution is 2.29. The third-order valence-corrected chi connectivity index (χ3v) is 5.80. The highest BCUT2D eigenvalue weighted by atomic mass is 32.1. The van der Waals surface area contributed by atoms with Gasteiger partial charge in [0.15, 0.2) is 11.7 Å². The summed E-state index contributed by atoms with van der Waals surface area (Å²) in [5, 5.41) is 7.65. The fourth-order valence-electron chi connectivity index (χ4n) is 3.21. The van der Waals surface area contributed by atoms with Gasteiger partial charge in [-0.15, -0.1) is 11.3 Å². The summed E-state index contributed by atoms with van der Waals surface area (Å²) in [5.41, 5.74) is -0.869. The number of hydrogen-bond donors (Lipinski definition) is 2. The Hall–Kier alpha value is -1.84. The quantitative estimate of drug-likeness (QED) is 0.549. The van der Waals surface area contributed by atoms with E-state index in [1.807, 2.05) is 18.7 Å². The molecule has 1 saturated heterocycles. The Labute approximate surface area is 167 Å². The summed E-state index contributed by atoms with van der Waals surface area (Å²) < 4.78 is 37.9. The molecule has 0 aliphatic carbocycles. The Morgan fingerprint density at radius 2 is 2.00 bits per heavy atom. The van der Waals surface area contributed by atoms with E-state index in [1.54, 1.807) is 7.05 Å². The van der Waals surface area contributed by atoms with Crippen molar-refractivity contribution in [1.29, 1.82) is 0 Å². The van der Waals surface area contributed by atoms with Crippen LogP contribution in [0, 0.1) is 5.92 Å². The molecule has 1 fully saturated rings. The lowest BCUT2D eigenvalue weighted by Gasteiger charge is -2.34. The maximum Gasteiger partial charge on any atom is 0.434 e. The molecule has 0 atom stereocenters. The number of thiazole rings is 1. The molecule has 2 rings (SSSR count). The second kappa shape index (κ2) is 10.1. The van der Waals surface area contributed by atoms with Crippen LogP contribution in [-0.2, 0) is 17.5 Å². The minimum atomic E-state index is -4.42. The average molecular weight is 420 g/mol. The van der Waals surface area contributed by atoms with Gasteiger partial charge in [0, 0.05) is 37.5 Å². The Bertz CT molecular complexity index is 664. The molecule has 0 unspecified atom stereocenters. The van der Waals surface area contributed by atoms with Crippen molar-refractivity contribution in [2.24, 2.45) is 10.9 Å². The molecular formula is C18H28F3N5OS. The topological polar surface area (TPSA) is 69.6 Å². The second-order valence-corrected chi connectivity index (χ2v) is 7.75. The van der Waals surface area contributed by atoms with Crippen molar-refractivity contribution in [3.63, 3.8) is 0 Å². The van der Waals surface area contributed by atoms with E-state index in [-0.39, 0.29) is 24.4 Å². The van der Waals surface area contributed by atoms with Crippen molar-refractivity contribution < 1.29 is 18.0 Å². The van der Waals surface area contributed by atoms with Crippen LogP contribution in [0.5, 0.6) is 0 Å². The smallest absolute Gasteiger partial charge is 0.354 e. The minimum absolute atomic E-state index is 0.0961. The molecule has 1 aliphatic rings. The Morgan fingerprint density at radius 3 is 2.50 bits per heavy atom. The van der Waals surface area contributed by atoms with Gasteiger partial charge in [-0.1, -0.05) is 13.8 Å². The molecular weight excluding hydrogens is 391 g/mol. The molecule has 0 aromatic carbocycles. The number of nitrogens with zero attached hydrogens (tertiary/aromatic N) is 3. The Morgan fingerprint density at radius 1 is 1.36 bits per heavy atom. The summed E-state index contributed by atoms with van der Waals surface area (Å²) >= 11 is 0.965. The first-order valence-corrected chi connectivity index (χ1v) is 10.4. The van der Waals surface area contributed by atoms with Gasteiger partial charge in [-0.2, -0.15) is 13.2 Å². The van der Waals surface area contributed by atoms with Crippen LogP contribution in [0.2, 0.25) is 0 Å². The molecule has 0 spiro atoms. The molecule has 28 heavy (non-hydrogen) atoms. The molecule has 2 N–H and O–H groups in total. The van der Waals surface area contributed by atoms with Crippen LogP contribution in [0.1, 0.15) is 50.2 Å². The number of halogens is 3. The van der Waals surface area contributed by atoms with E-state index in [1.165, 1.54) is 0 Å². The number of aromatic nitrogens is 1. The maximum atomic E-state index is 12.6. The molecule has 158 valence electrons. The fraction of sp³-hybridized carbons (Fsp3) is 0.722. The van der Waals surface area contributed by atoms with Crippen LogP contribution < -0.4 is 10.6 Å². The zero-order chi connectivity index (χ0) is 20.7. The summed E-state index contributed by atoms with van der Waals surface area (Å²) in [6.07, 6.45) is -1.09. The third-order valence-electron chi connectivity index (χ3n) is 4.96. The van der Waals surface area contributed by atoms with Crippen molar-refractivity contribution in [2.45, 2.75) is 58.3 Å². The molecule has 6 nitrogen and oxygen atoms in total. The zero-order valence-corrected chi connectivity index (χ0v) is 17.3. The summed E-state index contributed by atoms with van der Waals surface area (Å²) in [5.74, 6) is 0.850. The summed E-state index contributed by atoms with van der Waals surface area (Å²) in [7, 11) is 1.62. The number of piperidine rings is 1. The third kappa shape index (κ3) is 6.08. The van der Waals surface area contributed by atoms with Gasteiger partial charge < -0.3 is 15.5 Å². The summed E-state index contributed by atoms with van der Waals surface area (Å²) in [6.45, 7) is 5.65. The SMILES string of the molecule is CCC(CC)C(=O)N1CCC(NC(=NC)NCc2nc(C(F)(F)F)cs2)CC1. The zero-order valence-electron chi connectivity index (χ0n) is 16.5. The Kier molecular flexibility index (Phi) is 8.09. The van der Waals surface area contributed by atoms with Gasteiger partial charge in [-0.05, 0) is 25.7 Å². The molecule has 2 heterocycles. The van der Waals surface area contributed by atoms with E-state index in [4.69, 9.17) is 0 Å². The predicted octanol–water partition coefficient (Wildman–Crippen LogP) is 3.25. The van der Waals surface area contributed by atoms with Gasteiger partial charge in [0.1, 0.15) is 5.01 Å². The maximum absolute atomic E-state index is 12.6. The number of aliphatic imine (C=N–C) groups is 1. The monoisotopic (exact) mass is 419 g/mol. The molecule has 1 aliphatic heterocycles. The Balaban J connectivity index is 1.80. The highest BCUT2D eigenvalue weighted by Gasteiger charge is 2.33. The lowest BCUT2D eigenvalue weighted by atomic mass is 9.98. The number of amides is 1. The largest absolute Gasteiger partial charge is 0.434 e. The van der Waals surface area contributed by atoms with Crippen molar-refractivity contribution in [1.82, 2.24) is 20.5 Å². The van der Waals surface area contributed by atoms with Gasteiger partial charge in [0.2, 0.25) is 5.91 Å². The number of carbonyl (C=O) groups excluding carboxylic acids is 1. The second-order valence-electron chi connectivity index (χ2n) is 6.81. The summed E-state index contributed by atoms with van der Waals surface area (Å²) in [4.78, 5) is 22.1. The number of rotatable bonds is 6. The van der Waals surface area contributed by atoms with Crippen molar-refractivity contribution in [3.8, 4) is 0 Å². The van der Waals surface area contributed by atoms with Crippen molar-refractivity contribution >= 4 is 23.2 Å². The van der Waals surface area contributed by atoms with E-state index >= 15 is 0 Å². The molecule has 1 amide bonds. The molecule has 0 radical (unpaired) electrons. The van der Waals surface area contributed by atoms with Crippen LogP contribution in [0.4, 0.5) is 13.2 Å².